The highest BCUT2D eigenvalue weighted by atomic mass is 32.1. The summed E-state index contributed by atoms with van der Waals surface area (Å²) in [5.74, 6) is 1.96. The minimum Gasteiger partial charge on any atom is -0.497 e. The summed E-state index contributed by atoms with van der Waals surface area (Å²) in [6.07, 6.45) is 3.01. The number of methoxy groups -OCH3 is 2. The molecule has 6 nitrogen and oxygen atoms in total. The number of benzene rings is 2. The lowest BCUT2D eigenvalue weighted by atomic mass is 10.1. The van der Waals surface area contributed by atoms with E-state index in [1.165, 1.54) is 4.88 Å². The van der Waals surface area contributed by atoms with Crippen LogP contribution in [0.1, 0.15) is 39.7 Å². The van der Waals surface area contributed by atoms with E-state index in [9.17, 15) is 4.79 Å². The fourth-order valence-electron chi connectivity index (χ4n) is 3.99. The highest BCUT2D eigenvalue weighted by Gasteiger charge is 2.27. The van der Waals surface area contributed by atoms with Gasteiger partial charge in [0, 0.05) is 23.1 Å². The van der Waals surface area contributed by atoms with Crippen molar-refractivity contribution in [3.63, 3.8) is 0 Å². The number of hydrogen-bond donors (Lipinski definition) is 2. The lowest BCUT2D eigenvalue weighted by molar-refractivity contribution is 0.102. The van der Waals surface area contributed by atoms with Crippen LogP contribution in [-0.2, 0) is 19.4 Å². The Hall–Kier alpha value is -3.19. The third-order valence-corrected chi connectivity index (χ3v) is 6.76. The van der Waals surface area contributed by atoms with Gasteiger partial charge in [-0.2, -0.15) is 0 Å². The summed E-state index contributed by atoms with van der Waals surface area (Å²) >= 11 is 1.67. The van der Waals surface area contributed by atoms with E-state index in [-0.39, 0.29) is 5.91 Å². The molecule has 0 radical (unpaired) electrons. The molecule has 4 rings (SSSR count). The van der Waals surface area contributed by atoms with Gasteiger partial charge < -0.3 is 24.8 Å². The number of thiophene rings is 1. The lowest BCUT2D eigenvalue weighted by Gasteiger charge is -2.14. The number of para-hydroxylation sites is 1. The molecule has 168 valence electrons. The predicted molar refractivity (Wildman–Crippen MR) is 129 cm³/mol. The predicted octanol–water partition coefficient (Wildman–Crippen LogP) is 5.52. The van der Waals surface area contributed by atoms with Gasteiger partial charge in [-0.05, 0) is 49.9 Å². The van der Waals surface area contributed by atoms with Crippen LogP contribution in [0.5, 0.6) is 17.2 Å². The highest BCUT2D eigenvalue weighted by molar-refractivity contribution is 7.16. The molecular weight excluding hydrogens is 424 g/mol. The highest BCUT2D eigenvalue weighted by Crippen LogP contribution is 2.40. The van der Waals surface area contributed by atoms with E-state index >= 15 is 0 Å². The van der Waals surface area contributed by atoms with E-state index in [1.54, 1.807) is 43.8 Å². The maximum Gasteiger partial charge on any atom is 0.259 e. The van der Waals surface area contributed by atoms with Gasteiger partial charge in [0.1, 0.15) is 22.2 Å². The van der Waals surface area contributed by atoms with Crippen LogP contribution in [-0.4, -0.2) is 26.7 Å². The smallest absolute Gasteiger partial charge is 0.259 e. The topological polar surface area (TPSA) is 68.8 Å². The molecule has 1 aliphatic rings. The van der Waals surface area contributed by atoms with E-state index in [4.69, 9.17) is 14.2 Å². The third-order valence-electron chi connectivity index (χ3n) is 5.52. The first-order valence-corrected chi connectivity index (χ1v) is 11.6. The molecule has 0 unspecified atom stereocenters. The fourth-order valence-corrected chi connectivity index (χ4v) is 5.27. The average Bonchev–Trinajstić information content (AvgIpc) is 3.39. The normalized spacial score (nSPS) is 12.2. The maximum atomic E-state index is 13.4. The van der Waals surface area contributed by atoms with Gasteiger partial charge in [0.15, 0.2) is 0 Å². The summed E-state index contributed by atoms with van der Waals surface area (Å²) in [6, 6.07) is 13.3. The zero-order chi connectivity index (χ0) is 22.5. The molecular formula is C25H28N2O4S. The van der Waals surface area contributed by atoms with Crippen LogP contribution in [0, 0.1) is 0 Å². The van der Waals surface area contributed by atoms with Crippen LogP contribution < -0.4 is 24.8 Å². The molecule has 1 aromatic heterocycles. The molecule has 0 spiro atoms. The molecule has 0 fully saturated rings. The summed E-state index contributed by atoms with van der Waals surface area (Å²) in [4.78, 5) is 14.7. The number of carbonyl (C=O) groups is 1. The number of fused-ring (bicyclic) bond motifs is 1. The molecule has 0 saturated carbocycles. The van der Waals surface area contributed by atoms with Gasteiger partial charge in [-0.3, -0.25) is 4.79 Å². The molecule has 0 saturated heterocycles. The average molecular weight is 453 g/mol. The molecule has 1 heterocycles. The molecule has 0 atom stereocenters. The Labute approximate surface area is 192 Å². The number of carbonyl (C=O) groups excluding carboxylic acids is 1. The molecule has 0 bridgehead atoms. The number of amides is 1. The second-order valence-electron chi connectivity index (χ2n) is 7.48. The number of anilines is 2. The van der Waals surface area contributed by atoms with Crippen molar-refractivity contribution in [2.45, 2.75) is 32.7 Å². The van der Waals surface area contributed by atoms with Gasteiger partial charge >= 0.3 is 0 Å². The monoisotopic (exact) mass is 452 g/mol. The van der Waals surface area contributed by atoms with Crippen molar-refractivity contribution in [3.8, 4) is 17.2 Å². The van der Waals surface area contributed by atoms with Crippen molar-refractivity contribution in [1.82, 2.24) is 0 Å². The number of aryl methyl sites for hydroxylation is 1. The van der Waals surface area contributed by atoms with Crippen LogP contribution in [0.2, 0.25) is 0 Å². The van der Waals surface area contributed by atoms with Crippen LogP contribution in [0.25, 0.3) is 0 Å². The van der Waals surface area contributed by atoms with Crippen molar-refractivity contribution in [3.05, 3.63) is 64.0 Å². The van der Waals surface area contributed by atoms with Crippen LogP contribution >= 0.6 is 11.3 Å². The molecule has 3 aromatic rings. The Morgan fingerprint density at radius 1 is 1.06 bits per heavy atom. The van der Waals surface area contributed by atoms with E-state index in [0.717, 1.165) is 46.7 Å². The van der Waals surface area contributed by atoms with Gasteiger partial charge in [0.25, 0.3) is 5.91 Å². The zero-order valence-electron chi connectivity index (χ0n) is 18.6. The first kappa shape index (κ1) is 22.0. The second kappa shape index (κ2) is 9.96. The largest absolute Gasteiger partial charge is 0.497 e. The number of hydrogen-bond acceptors (Lipinski definition) is 6. The minimum atomic E-state index is -0.142. The summed E-state index contributed by atoms with van der Waals surface area (Å²) in [7, 11) is 3.18. The SMILES string of the molecule is CCOc1ccccc1CNc1sc2c(c1C(=O)Nc1cc(OC)ccc1OC)CCC2. The summed E-state index contributed by atoms with van der Waals surface area (Å²) in [5, 5.41) is 7.42. The van der Waals surface area contributed by atoms with E-state index < -0.39 is 0 Å². The third kappa shape index (κ3) is 4.53. The molecule has 2 N–H and O–H groups in total. The van der Waals surface area contributed by atoms with Crippen LogP contribution in [0.15, 0.2) is 42.5 Å². The Balaban J connectivity index is 1.60. The first-order valence-electron chi connectivity index (χ1n) is 10.8. The summed E-state index contributed by atoms with van der Waals surface area (Å²) < 4.78 is 16.5. The fraction of sp³-hybridized carbons (Fsp3) is 0.320. The maximum absolute atomic E-state index is 13.4. The molecule has 1 aliphatic carbocycles. The summed E-state index contributed by atoms with van der Waals surface area (Å²) in [6.45, 7) is 3.17. The quantitative estimate of drug-likeness (QED) is 0.448. The van der Waals surface area contributed by atoms with Gasteiger partial charge in [-0.25, -0.2) is 0 Å². The van der Waals surface area contributed by atoms with Crippen molar-refractivity contribution >= 4 is 27.9 Å². The van der Waals surface area contributed by atoms with Crippen molar-refractivity contribution in [1.29, 1.82) is 0 Å². The van der Waals surface area contributed by atoms with E-state index in [1.807, 2.05) is 31.2 Å². The molecule has 2 aromatic carbocycles. The van der Waals surface area contributed by atoms with Crippen LogP contribution in [0.4, 0.5) is 10.7 Å². The molecule has 32 heavy (non-hydrogen) atoms. The Morgan fingerprint density at radius 3 is 2.69 bits per heavy atom. The van der Waals surface area contributed by atoms with Gasteiger partial charge in [0.05, 0.1) is 32.1 Å². The van der Waals surface area contributed by atoms with Crippen LogP contribution in [0.3, 0.4) is 0 Å². The van der Waals surface area contributed by atoms with Gasteiger partial charge in [0.2, 0.25) is 0 Å². The molecule has 1 amide bonds. The number of ether oxygens (including phenoxy) is 3. The van der Waals surface area contributed by atoms with Crippen molar-refractivity contribution in [2.75, 3.05) is 31.5 Å². The first-order chi connectivity index (χ1) is 15.6. The number of nitrogens with one attached hydrogen (secondary N) is 2. The molecule has 7 heteroatoms. The Morgan fingerprint density at radius 2 is 1.91 bits per heavy atom. The minimum absolute atomic E-state index is 0.142. The van der Waals surface area contributed by atoms with Crippen molar-refractivity contribution in [2.24, 2.45) is 0 Å². The van der Waals surface area contributed by atoms with Gasteiger partial charge in [-0.1, -0.05) is 18.2 Å². The van der Waals surface area contributed by atoms with E-state index in [0.29, 0.717) is 30.3 Å². The van der Waals surface area contributed by atoms with Crippen molar-refractivity contribution < 1.29 is 19.0 Å². The summed E-state index contributed by atoms with van der Waals surface area (Å²) in [5.41, 5.74) is 3.52. The van der Waals surface area contributed by atoms with E-state index in [2.05, 4.69) is 10.6 Å². The molecule has 0 aliphatic heterocycles. The Kier molecular flexibility index (Phi) is 6.85. The lowest BCUT2D eigenvalue weighted by Crippen LogP contribution is -2.16. The second-order valence-corrected chi connectivity index (χ2v) is 8.58. The number of rotatable bonds is 9. The standard InChI is InChI=1S/C25H28N2O4S/c1-4-31-20-10-6-5-8-16(20)15-26-25-23(18-9-7-11-22(18)32-25)24(28)27-19-14-17(29-2)12-13-21(19)30-3/h5-6,8,10,12-14,26H,4,7,9,11,15H2,1-3H3,(H,27,28). The zero-order valence-corrected chi connectivity index (χ0v) is 19.4. The Bertz CT molecular complexity index is 1110. The van der Waals surface area contributed by atoms with Gasteiger partial charge in [-0.15, -0.1) is 11.3 Å².